The van der Waals surface area contributed by atoms with E-state index in [0.717, 1.165) is 0 Å². The molecule has 3 aromatic rings. The number of aliphatic hydroxyl groups excluding tert-OH is 3. The molecule has 9 nitrogen and oxygen atoms in total. The molecule has 1 saturated heterocycles. The fourth-order valence-electron chi connectivity index (χ4n) is 2.71. The number of aromatic nitrogens is 4. The van der Waals surface area contributed by atoms with Crippen LogP contribution in [-0.2, 0) is 37.4 Å². The quantitative estimate of drug-likeness (QED) is 0.296. The number of imidazole rings is 1. The molecule has 1 aromatic carbocycles. The van der Waals surface area contributed by atoms with Crippen LogP contribution >= 0.6 is 0 Å². The maximum Gasteiger partial charge on any atom is 0.167 e. The molecule has 1 aliphatic rings. The minimum atomic E-state index is -1.24. The van der Waals surface area contributed by atoms with Crippen LogP contribution in [0.15, 0.2) is 36.7 Å². The van der Waals surface area contributed by atoms with E-state index in [1.165, 1.54) is 10.9 Å². The number of hydrogen-bond acceptors (Lipinski definition) is 8. The van der Waals surface area contributed by atoms with Crippen molar-refractivity contribution in [2.75, 3.05) is 12.3 Å². The van der Waals surface area contributed by atoms with Gasteiger partial charge in [0.2, 0.25) is 0 Å². The zero-order chi connectivity index (χ0) is 20.1. The van der Waals surface area contributed by atoms with Gasteiger partial charge in [-0.1, -0.05) is 0 Å². The van der Waals surface area contributed by atoms with Crippen molar-refractivity contribution in [3.63, 3.8) is 0 Å². The van der Waals surface area contributed by atoms with Crippen LogP contribution in [0.3, 0.4) is 0 Å². The minimum Gasteiger partial charge on any atom is -0.394 e. The topological polar surface area (TPSA) is 140 Å². The van der Waals surface area contributed by atoms with Gasteiger partial charge in [-0.3, -0.25) is 16.4 Å². The number of rotatable bonds is 2. The molecule has 0 saturated carbocycles. The van der Waals surface area contributed by atoms with Crippen LogP contribution in [0.5, 0.6) is 0 Å². The average molecular weight is 470 g/mol. The van der Waals surface area contributed by atoms with Gasteiger partial charge in [0, 0.05) is 32.7 Å². The third-order valence-electron chi connectivity index (χ3n) is 4.05. The molecule has 4 unspecified atom stereocenters. The van der Waals surface area contributed by atoms with Crippen molar-refractivity contribution < 1.29 is 52.8 Å². The summed E-state index contributed by atoms with van der Waals surface area (Å²) in [5.41, 5.74) is 6.44. The number of nitrogen functional groups attached to an aromatic ring is 1. The Bertz CT molecular complexity index is 962. The van der Waals surface area contributed by atoms with Crippen molar-refractivity contribution in [2.24, 2.45) is 0 Å². The summed E-state index contributed by atoms with van der Waals surface area (Å²) < 4.78 is 6.87. The van der Waals surface area contributed by atoms with E-state index in [1.807, 2.05) is 30.3 Å². The van der Waals surface area contributed by atoms with Crippen molar-refractivity contribution in [1.29, 1.82) is 0 Å². The first kappa shape index (κ1) is 23.2. The van der Waals surface area contributed by atoms with Gasteiger partial charge in [-0.15, -0.1) is 0 Å². The molecule has 0 spiro atoms. The molecule has 0 aliphatic carbocycles. The molecule has 5 N–H and O–H groups in total. The van der Waals surface area contributed by atoms with Crippen molar-refractivity contribution in [2.45, 2.75) is 24.5 Å². The number of anilines is 1. The predicted octanol–water partition coefficient (Wildman–Crippen LogP) is -0.310. The normalized spacial score (nSPS) is 22.7. The Kier molecular flexibility index (Phi) is 8.52. The molecule has 0 bridgehead atoms. The molecule has 1 aliphatic heterocycles. The molecule has 0 amide bonds. The van der Waals surface area contributed by atoms with Crippen molar-refractivity contribution in [3.8, 4) is 11.8 Å². The van der Waals surface area contributed by atoms with Crippen LogP contribution in [0.25, 0.3) is 11.2 Å². The smallest absolute Gasteiger partial charge is 0.167 e. The molecule has 4 atom stereocenters. The Morgan fingerprint density at radius 3 is 2.45 bits per heavy atom. The molecule has 3 heterocycles. The summed E-state index contributed by atoms with van der Waals surface area (Å²) in [5.74, 6) is 5.31. The second-order valence-electron chi connectivity index (χ2n) is 5.86. The minimum absolute atomic E-state index is 0. The van der Waals surface area contributed by atoms with E-state index in [9.17, 15) is 10.2 Å². The Morgan fingerprint density at radius 2 is 1.93 bits per heavy atom. The first-order valence-corrected chi connectivity index (χ1v) is 8.38. The second-order valence-corrected chi connectivity index (χ2v) is 5.86. The summed E-state index contributed by atoms with van der Waals surface area (Å²) in [6.45, 7) is 2.97. The first-order valence-electron chi connectivity index (χ1n) is 8.38. The maximum absolute atomic E-state index is 10.1. The molecular formula is C19H19N5O4Y-2. The molecule has 2 aromatic heterocycles. The van der Waals surface area contributed by atoms with E-state index in [0.29, 0.717) is 11.2 Å². The zero-order valence-electron chi connectivity index (χ0n) is 15.4. The average Bonchev–Trinajstić information content (AvgIpc) is 3.26. The van der Waals surface area contributed by atoms with Gasteiger partial charge < -0.3 is 25.8 Å². The van der Waals surface area contributed by atoms with Crippen LogP contribution in [0, 0.1) is 24.8 Å². The summed E-state index contributed by atoms with van der Waals surface area (Å²) in [5, 5.41) is 29.1. The van der Waals surface area contributed by atoms with Crippen LogP contribution in [-0.4, -0.2) is 59.8 Å². The molecule has 1 fully saturated rings. The second kappa shape index (κ2) is 10.6. The van der Waals surface area contributed by atoms with Gasteiger partial charge in [-0.25, -0.2) is 15.0 Å². The number of benzene rings is 1. The maximum atomic E-state index is 10.1. The van der Waals surface area contributed by atoms with E-state index in [4.69, 9.17) is 15.6 Å². The van der Waals surface area contributed by atoms with Crippen molar-refractivity contribution >= 4 is 17.0 Å². The fraction of sp³-hybridized carbons (Fsp3) is 0.263. The standard InChI is InChI=1S/C13H14N5O4.C6H5.Y/c1-2-3-7-16-11(14)8-12(17-7)18(5-15-8)13-10(21)9(20)6(4-19)22-13;1-2-4-6-5-3-1;/h5-6,9-10,13,19-21H,1,4H2,(H2,14,16,17);1-5H;/q2*-1;. The molecule has 10 heteroatoms. The van der Waals surface area contributed by atoms with Crippen molar-refractivity contribution in [1.82, 2.24) is 19.5 Å². The SMILES string of the molecule is [CH2-]C#Cc1nc(N)c2ncn(C3OC(CO)C(O)C3O)c2n1.[Y].[c-]1ccccc1. The van der Waals surface area contributed by atoms with E-state index in [2.05, 4.69) is 39.8 Å². The van der Waals surface area contributed by atoms with Gasteiger partial charge >= 0.3 is 0 Å². The Hall–Kier alpha value is -2.06. The Labute approximate surface area is 192 Å². The van der Waals surface area contributed by atoms with Crippen LogP contribution < -0.4 is 5.73 Å². The first-order chi connectivity index (χ1) is 13.6. The van der Waals surface area contributed by atoms with Gasteiger partial charge in [0.25, 0.3) is 0 Å². The van der Waals surface area contributed by atoms with Crippen LogP contribution in [0.2, 0.25) is 0 Å². The molecule has 149 valence electrons. The summed E-state index contributed by atoms with van der Waals surface area (Å²) in [7, 11) is 0. The zero-order valence-corrected chi connectivity index (χ0v) is 18.2. The van der Waals surface area contributed by atoms with E-state index < -0.39 is 31.1 Å². The van der Waals surface area contributed by atoms with Crippen molar-refractivity contribution in [3.05, 3.63) is 55.5 Å². The molecular weight excluding hydrogens is 451 g/mol. The third-order valence-corrected chi connectivity index (χ3v) is 4.05. The number of aliphatic hydroxyl groups is 3. The van der Waals surface area contributed by atoms with Gasteiger partial charge in [-0.05, 0) is 0 Å². The Balaban J connectivity index is 0.000000369. The summed E-state index contributed by atoms with van der Waals surface area (Å²) in [4.78, 5) is 12.3. The molecule has 29 heavy (non-hydrogen) atoms. The van der Waals surface area contributed by atoms with Gasteiger partial charge in [0.15, 0.2) is 17.7 Å². The number of hydrogen-bond donors (Lipinski definition) is 4. The van der Waals surface area contributed by atoms with Gasteiger partial charge in [-0.2, -0.15) is 43.3 Å². The fourth-order valence-corrected chi connectivity index (χ4v) is 2.71. The summed E-state index contributed by atoms with van der Waals surface area (Å²) >= 11 is 0. The van der Waals surface area contributed by atoms with Crippen LogP contribution in [0.4, 0.5) is 5.82 Å². The summed E-state index contributed by atoms with van der Waals surface area (Å²) in [6.07, 6.45) is -2.93. The number of ether oxygens (including phenoxy) is 1. The van der Waals surface area contributed by atoms with E-state index in [1.54, 1.807) is 0 Å². The van der Waals surface area contributed by atoms with E-state index >= 15 is 0 Å². The largest absolute Gasteiger partial charge is 0.394 e. The summed E-state index contributed by atoms with van der Waals surface area (Å²) in [6, 6.07) is 12.5. The van der Waals surface area contributed by atoms with Gasteiger partial charge in [0.05, 0.1) is 12.9 Å². The Morgan fingerprint density at radius 1 is 1.21 bits per heavy atom. The molecule has 1 radical (unpaired) electrons. The third kappa shape index (κ3) is 5.11. The number of fused-ring (bicyclic) bond motifs is 1. The molecule has 4 rings (SSSR count). The van der Waals surface area contributed by atoms with Gasteiger partial charge in [0.1, 0.15) is 29.7 Å². The number of nitrogens with zero attached hydrogens (tertiary/aromatic N) is 4. The van der Waals surface area contributed by atoms with Crippen LogP contribution in [0.1, 0.15) is 12.1 Å². The van der Waals surface area contributed by atoms with E-state index in [-0.39, 0.29) is 44.4 Å². The number of nitrogens with two attached hydrogens (primary N) is 1. The predicted molar refractivity (Wildman–Crippen MR) is 100 cm³/mol. The monoisotopic (exact) mass is 470 g/mol.